The first-order valence-electron chi connectivity index (χ1n) is 18.3. The van der Waals surface area contributed by atoms with Crippen LogP contribution in [0.3, 0.4) is 0 Å². The fraction of sp³-hybridized carbons (Fsp3) is 0.410. The highest BCUT2D eigenvalue weighted by molar-refractivity contribution is 6.32. The number of piperazine rings is 1. The van der Waals surface area contributed by atoms with Crippen molar-refractivity contribution in [2.45, 2.75) is 58.6 Å². The van der Waals surface area contributed by atoms with Crippen molar-refractivity contribution in [1.29, 1.82) is 0 Å². The predicted molar refractivity (Wildman–Crippen MR) is 205 cm³/mol. The van der Waals surface area contributed by atoms with E-state index in [2.05, 4.69) is 42.5 Å². The van der Waals surface area contributed by atoms with Crippen LogP contribution in [0.4, 0.5) is 29.5 Å². The van der Waals surface area contributed by atoms with Gasteiger partial charge in [0, 0.05) is 48.9 Å². The molecular weight excluding hydrogens is 753 g/mol. The van der Waals surface area contributed by atoms with Crippen molar-refractivity contribution in [3.8, 4) is 28.1 Å². The number of aromatic amines is 1. The van der Waals surface area contributed by atoms with E-state index in [9.17, 15) is 27.6 Å². The summed E-state index contributed by atoms with van der Waals surface area (Å²) in [5.74, 6) is -0.313. The van der Waals surface area contributed by atoms with Crippen LogP contribution in [0.1, 0.15) is 56.3 Å². The minimum absolute atomic E-state index is 0.0465. The lowest BCUT2D eigenvalue weighted by atomic mass is 10.00. The van der Waals surface area contributed by atoms with Crippen molar-refractivity contribution in [3.63, 3.8) is 0 Å². The number of hydrogen-bond acceptors (Lipinski definition) is 9. The zero-order valence-corrected chi connectivity index (χ0v) is 32.3. The van der Waals surface area contributed by atoms with Crippen LogP contribution in [0.5, 0.6) is 5.75 Å². The lowest BCUT2D eigenvalue weighted by Crippen LogP contribution is -2.51. The molecule has 2 aromatic heterocycles. The van der Waals surface area contributed by atoms with Gasteiger partial charge in [-0.2, -0.15) is 0 Å². The lowest BCUT2D eigenvalue weighted by Gasteiger charge is -2.34. The van der Waals surface area contributed by atoms with Gasteiger partial charge >= 0.3 is 12.5 Å². The number of amides is 3. The van der Waals surface area contributed by atoms with Crippen molar-refractivity contribution in [2.75, 3.05) is 43.5 Å². The summed E-state index contributed by atoms with van der Waals surface area (Å²) in [6.45, 7) is 10.6. The molecule has 17 heteroatoms. The zero-order chi connectivity index (χ0) is 40.3. The number of nitrogens with one attached hydrogen (secondary N) is 4. The molecule has 0 saturated carbocycles. The number of rotatable bonds is 10. The van der Waals surface area contributed by atoms with Gasteiger partial charge in [0.25, 0.3) is 5.91 Å². The molecule has 0 unspecified atom stereocenters. The molecule has 4 atom stereocenters. The van der Waals surface area contributed by atoms with Crippen molar-refractivity contribution in [2.24, 2.45) is 11.8 Å². The second-order valence-corrected chi connectivity index (χ2v) is 14.8. The fourth-order valence-electron chi connectivity index (χ4n) is 7.08. The van der Waals surface area contributed by atoms with E-state index in [1.807, 2.05) is 20.8 Å². The number of carbonyl (C=O) groups is 3. The van der Waals surface area contributed by atoms with E-state index in [-0.39, 0.29) is 40.1 Å². The van der Waals surface area contributed by atoms with Gasteiger partial charge in [0.05, 0.1) is 25.0 Å². The standard InChI is InChI=1S/C39H44ClF3N8O5/c1-21(2)32(48-38(54)55-5)37(53)51-20-22(3)16-29(51)35-47-33(34(40)49-35)25-8-6-24(7-9-25)28-12-10-26(17-30(28)56-39(41,42)43)36(52)46-27-11-13-31(45-19-27)50-15-14-44-18-23(50)4/h6-13,17,19,21-23,29,32,44H,14-16,18,20H2,1-5H3,(H,46,52)(H,47,49)(H,48,54)/t22-,23+,29-,32-/m0/s1. The Balaban J connectivity index is 1.20. The summed E-state index contributed by atoms with van der Waals surface area (Å²) in [5.41, 5.74) is 1.78. The molecule has 4 N–H and O–H groups in total. The van der Waals surface area contributed by atoms with Crippen LogP contribution in [0.25, 0.3) is 22.4 Å². The van der Waals surface area contributed by atoms with Crippen LogP contribution in [-0.2, 0) is 9.53 Å². The maximum Gasteiger partial charge on any atom is 0.573 e. The Morgan fingerprint density at radius 3 is 2.41 bits per heavy atom. The molecule has 0 aliphatic carbocycles. The Hall–Kier alpha value is -5.35. The van der Waals surface area contributed by atoms with Gasteiger partial charge in [0.1, 0.15) is 34.3 Å². The fourth-order valence-corrected chi connectivity index (χ4v) is 7.33. The van der Waals surface area contributed by atoms with Gasteiger partial charge in [0.2, 0.25) is 5.91 Å². The minimum Gasteiger partial charge on any atom is -0.453 e. The lowest BCUT2D eigenvalue weighted by molar-refractivity contribution is -0.274. The Morgan fingerprint density at radius 1 is 1.04 bits per heavy atom. The van der Waals surface area contributed by atoms with Gasteiger partial charge in [-0.25, -0.2) is 14.8 Å². The molecule has 4 aromatic rings. The maximum absolute atomic E-state index is 13.7. The Kier molecular flexibility index (Phi) is 12.1. The molecule has 2 aliphatic rings. The largest absolute Gasteiger partial charge is 0.573 e. The zero-order valence-electron chi connectivity index (χ0n) is 31.5. The maximum atomic E-state index is 13.7. The summed E-state index contributed by atoms with van der Waals surface area (Å²) in [6, 6.07) is 12.9. The highest BCUT2D eigenvalue weighted by atomic mass is 35.5. The molecule has 0 radical (unpaired) electrons. The summed E-state index contributed by atoms with van der Waals surface area (Å²) < 4.78 is 50.1. The topological polar surface area (TPSA) is 154 Å². The smallest absolute Gasteiger partial charge is 0.453 e. The number of pyridine rings is 1. The predicted octanol–water partition coefficient (Wildman–Crippen LogP) is 7.03. The number of likely N-dealkylation sites (tertiary alicyclic amines) is 1. The summed E-state index contributed by atoms with van der Waals surface area (Å²) in [7, 11) is 1.23. The van der Waals surface area contributed by atoms with E-state index in [1.54, 1.807) is 41.3 Å². The summed E-state index contributed by atoms with van der Waals surface area (Å²) in [6.07, 6.45) is -3.62. The Bertz CT molecular complexity index is 2040. The van der Waals surface area contributed by atoms with E-state index in [0.717, 1.165) is 31.5 Å². The molecule has 56 heavy (non-hydrogen) atoms. The Labute approximate surface area is 327 Å². The number of benzene rings is 2. The van der Waals surface area contributed by atoms with Gasteiger partial charge in [-0.05, 0) is 61.1 Å². The van der Waals surface area contributed by atoms with Crippen LogP contribution in [-0.4, -0.2) is 89.5 Å². The highest BCUT2D eigenvalue weighted by Crippen LogP contribution is 2.39. The minimum atomic E-state index is -5.03. The van der Waals surface area contributed by atoms with Crippen LogP contribution in [0.15, 0.2) is 60.8 Å². The number of nitrogens with zero attached hydrogens (tertiary/aromatic N) is 4. The number of H-pyrrole nitrogens is 1. The second kappa shape index (κ2) is 16.8. The van der Waals surface area contributed by atoms with Crippen molar-refractivity contribution < 1.29 is 37.0 Å². The van der Waals surface area contributed by atoms with Crippen LogP contribution in [0, 0.1) is 11.8 Å². The quantitative estimate of drug-likeness (QED) is 0.133. The van der Waals surface area contributed by atoms with E-state index in [0.29, 0.717) is 41.3 Å². The number of aromatic nitrogens is 3. The normalized spacial score (nSPS) is 19.1. The van der Waals surface area contributed by atoms with Crippen LogP contribution in [0.2, 0.25) is 5.15 Å². The van der Waals surface area contributed by atoms with Gasteiger partial charge in [-0.1, -0.05) is 56.6 Å². The molecule has 4 heterocycles. The SMILES string of the molecule is COC(=O)N[C@H](C(=O)N1C[C@@H](C)C[C@H]1c1nc(-c2ccc(-c3ccc(C(=O)Nc4ccc(N5CCNC[C@H]5C)nc4)cc3OC(F)(F)F)cc2)c(Cl)[nH]1)C(C)C. The third-order valence-electron chi connectivity index (χ3n) is 9.92. The van der Waals surface area contributed by atoms with Crippen LogP contribution >= 0.6 is 11.6 Å². The molecular formula is C39H44ClF3N8O5. The number of halogens is 4. The Morgan fingerprint density at radius 2 is 1.77 bits per heavy atom. The molecule has 298 valence electrons. The second-order valence-electron chi connectivity index (χ2n) is 14.4. The molecule has 2 aromatic carbocycles. The number of carbonyl (C=O) groups excluding carboxylic acids is 3. The number of imidazole rings is 1. The number of alkyl carbamates (subject to hydrolysis) is 1. The van der Waals surface area contributed by atoms with Gasteiger partial charge in [0.15, 0.2) is 0 Å². The first-order chi connectivity index (χ1) is 26.6. The van der Waals surface area contributed by atoms with E-state index in [4.69, 9.17) is 21.3 Å². The summed E-state index contributed by atoms with van der Waals surface area (Å²) in [5, 5.41) is 8.87. The molecule has 2 aliphatic heterocycles. The number of alkyl halides is 3. The van der Waals surface area contributed by atoms with E-state index >= 15 is 0 Å². The van der Waals surface area contributed by atoms with Gasteiger partial charge in [-0.3, -0.25) is 9.59 Å². The molecule has 3 amide bonds. The van der Waals surface area contributed by atoms with Crippen LogP contribution < -0.4 is 25.6 Å². The van der Waals surface area contributed by atoms with Crippen molar-refractivity contribution >= 4 is 41.0 Å². The average molecular weight is 797 g/mol. The first kappa shape index (κ1) is 40.3. The van der Waals surface area contributed by atoms with Gasteiger partial charge < -0.3 is 40.2 Å². The monoisotopic (exact) mass is 796 g/mol. The van der Waals surface area contributed by atoms with Gasteiger partial charge in [-0.15, -0.1) is 13.2 Å². The molecule has 0 bridgehead atoms. The third kappa shape index (κ3) is 9.19. The number of methoxy groups -OCH3 is 1. The van der Waals surface area contributed by atoms with Crippen molar-refractivity contribution in [3.05, 3.63) is 77.3 Å². The molecule has 0 spiro atoms. The van der Waals surface area contributed by atoms with Crippen molar-refractivity contribution in [1.82, 2.24) is 30.5 Å². The molecule has 2 fully saturated rings. The van der Waals surface area contributed by atoms with E-state index < -0.39 is 36.2 Å². The average Bonchev–Trinajstić information content (AvgIpc) is 3.75. The number of ether oxygens (including phenoxy) is 2. The molecule has 13 nitrogen and oxygen atoms in total. The molecule has 6 rings (SSSR count). The highest BCUT2D eigenvalue weighted by Gasteiger charge is 2.40. The number of anilines is 2. The summed E-state index contributed by atoms with van der Waals surface area (Å²) >= 11 is 6.64. The first-order valence-corrected chi connectivity index (χ1v) is 18.6. The molecule has 2 saturated heterocycles. The number of hydrogen-bond donors (Lipinski definition) is 4. The van der Waals surface area contributed by atoms with E-state index in [1.165, 1.54) is 25.4 Å². The third-order valence-corrected chi connectivity index (χ3v) is 10.2. The summed E-state index contributed by atoms with van der Waals surface area (Å²) in [4.78, 5) is 55.1.